The fourth-order valence-electron chi connectivity index (χ4n) is 3.83. The van der Waals surface area contributed by atoms with Crippen LogP contribution in [0.4, 0.5) is 4.79 Å². The number of carboxylic acid groups (broad SMARTS) is 1. The quantitative estimate of drug-likeness (QED) is 0.649. The summed E-state index contributed by atoms with van der Waals surface area (Å²) in [6.07, 6.45) is 8.94. The van der Waals surface area contributed by atoms with Gasteiger partial charge in [-0.05, 0) is 25.8 Å². The number of carbonyl (C=O) groups is 2. The first-order valence-electron chi connectivity index (χ1n) is 9.59. The first-order chi connectivity index (χ1) is 12.0. The Balaban J connectivity index is 1.62. The molecule has 0 bridgehead atoms. The SMILES string of the molecule is CN(CC(=O)O)CC1CN(C(=O)NCCCC2CCCCC2)CCO1. The highest BCUT2D eigenvalue weighted by Gasteiger charge is 2.25. The van der Waals surface area contributed by atoms with E-state index in [9.17, 15) is 9.59 Å². The van der Waals surface area contributed by atoms with E-state index in [-0.39, 0.29) is 18.7 Å². The maximum absolute atomic E-state index is 12.3. The molecular formula is C18H33N3O4. The number of likely N-dealkylation sites (N-methyl/N-ethyl adjacent to an activating group) is 1. The normalized spacial score (nSPS) is 22.2. The van der Waals surface area contributed by atoms with Gasteiger partial charge in [-0.15, -0.1) is 0 Å². The van der Waals surface area contributed by atoms with Crippen LogP contribution in [0, 0.1) is 5.92 Å². The summed E-state index contributed by atoms with van der Waals surface area (Å²) in [6.45, 7) is 2.83. The number of nitrogens with zero attached hydrogens (tertiary/aromatic N) is 2. The van der Waals surface area contributed by atoms with Gasteiger partial charge in [0.15, 0.2) is 0 Å². The molecule has 1 saturated carbocycles. The van der Waals surface area contributed by atoms with Gasteiger partial charge in [0.2, 0.25) is 0 Å². The van der Waals surface area contributed by atoms with E-state index in [0.29, 0.717) is 26.2 Å². The molecule has 0 spiro atoms. The molecule has 1 unspecified atom stereocenters. The number of rotatable bonds is 8. The van der Waals surface area contributed by atoms with Gasteiger partial charge in [0, 0.05) is 26.2 Å². The Morgan fingerprint density at radius 1 is 1.28 bits per heavy atom. The lowest BCUT2D eigenvalue weighted by Gasteiger charge is -2.34. The minimum Gasteiger partial charge on any atom is -0.480 e. The van der Waals surface area contributed by atoms with E-state index in [2.05, 4.69) is 5.32 Å². The maximum Gasteiger partial charge on any atom is 0.317 e. The van der Waals surface area contributed by atoms with Crippen LogP contribution in [-0.4, -0.2) is 79.4 Å². The first kappa shape index (κ1) is 20.0. The first-order valence-corrected chi connectivity index (χ1v) is 9.59. The van der Waals surface area contributed by atoms with Crippen molar-refractivity contribution in [3.05, 3.63) is 0 Å². The number of carbonyl (C=O) groups excluding carboxylic acids is 1. The molecule has 144 valence electrons. The van der Waals surface area contributed by atoms with Crippen LogP contribution in [0.1, 0.15) is 44.9 Å². The smallest absolute Gasteiger partial charge is 0.317 e. The van der Waals surface area contributed by atoms with Crippen molar-refractivity contribution in [3.8, 4) is 0 Å². The van der Waals surface area contributed by atoms with Gasteiger partial charge in [-0.25, -0.2) is 4.79 Å². The fraction of sp³-hybridized carbons (Fsp3) is 0.889. The molecule has 0 aromatic rings. The van der Waals surface area contributed by atoms with E-state index in [0.717, 1.165) is 18.9 Å². The molecule has 1 heterocycles. The lowest BCUT2D eigenvalue weighted by molar-refractivity contribution is -0.138. The third-order valence-electron chi connectivity index (χ3n) is 5.14. The van der Waals surface area contributed by atoms with Crippen LogP contribution in [0.2, 0.25) is 0 Å². The summed E-state index contributed by atoms with van der Waals surface area (Å²) in [5, 5.41) is 11.8. The molecular weight excluding hydrogens is 322 g/mol. The molecule has 2 aliphatic rings. The molecule has 0 aromatic heterocycles. The largest absolute Gasteiger partial charge is 0.480 e. The minimum atomic E-state index is -0.856. The highest BCUT2D eigenvalue weighted by molar-refractivity contribution is 5.74. The van der Waals surface area contributed by atoms with Crippen molar-refractivity contribution in [1.82, 2.24) is 15.1 Å². The van der Waals surface area contributed by atoms with Crippen LogP contribution in [-0.2, 0) is 9.53 Å². The summed E-state index contributed by atoms with van der Waals surface area (Å²) in [6, 6.07) is -0.0298. The summed E-state index contributed by atoms with van der Waals surface area (Å²) < 4.78 is 5.66. The van der Waals surface area contributed by atoms with Crippen LogP contribution >= 0.6 is 0 Å². The lowest BCUT2D eigenvalue weighted by atomic mass is 9.86. The van der Waals surface area contributed by atoms with Gasteiger partial charge in [0.25, 0.3) is 0 Å². The minimum absolute atomic E-state index is 0.0206. The zero-order chi connectivity index (χ0) is 18.1. The molecule has 1 atom stereocenters. The highest BCUT2D eigenvalue weighted by Crippen LogP contribution is 2.26. The Kier molecular flexibility index (Phi) is 8.48. The predicted molar refractivity (Wildman–Crippen MR) is 95.7 cm³/mol. The number of morpholine rings is 1. The molecule has 7 nitrogen and oxygen atoms in total. The van der Waals surface area contributed by atoms with Gasteiger partial charge in [-0.3, -0.25) is 9.69 Å². The van der Waals surface area contributed by atoms with Crippen LogP contribution in [0.25, 0.3) is 0 Å². The van der Waals surface area contributed by atoms with E-state index in [1.54, 1.807) is 16.8 Å². The summed E-state index contributed by atoms with van der Waals surface area (Å²) in [7, 11) is 1.75. The van der Waals surface area contributed by atoms with Crippen LogP contribution in [0.15, 0.2) is 0 Å². The van der Waals surface area contributed by atoms with Crippen molar-refractivity contribution in [1.29, 1.82) is 0 Å². The van der Waals surface area contributed by atoms with E-state index < -0.39 is 5.97 Å². The number of hydrogen-bond acceptors (Lipinski definition) is 4. The molecule has 0 aromatic carbocycles. The Morgan fingerprint density at radius 3 is 2.76 bits per heavy atom. The fourth-order valence-corrected chi connectivity index (χ4v) is 3.83. The summed E-state index contributed by atoms with van der Waals surface area (Å²) in [4.78, 5) is 26.5. The number of hydrogen-bond donors (Lipinski definition) is 2. The molecule has 1 saturated heterocycles. The van der Waals surface area contributed by atoms with Gasteiger partial charge >= 0.3 is 12.0 Å². The van der Waals surface area contributed by atoms with Gasteiger partial charge in [0.1, 0.15) is 0 Å². The lowest BCUT2D eigenvalue weighted by Crippen LogP contribution is -2.52. The van der Waals surface area contributed by atoms with Crippen LogP contribution < -0.4 is 5.32 Å². The van der Waals surface area contributed by atoms with Gasteiger partial charge in [-0.2, -0.15) is 0 Å². The topological polar surface area (TPSA) is 82.1 Å². The number of carboxylic acids is 1. The number of aliphatic carboxylic acids is 1. The van der Waals surface area contributed by atoms with Crippen molar-refractivity contribution < 1.29 is 19.4 Å². The van der Waals surface area contributed by atoms with Gasteiger partial charge in [-0.1, -0.05) is 32.1 Å². The third kappa shape index (κ3) is 7.61. The second-order valence-electron chi connectivity index (χ2n) is 7.41. The second-order valence-corrected chi connectivity index (χ2v) is 7.41. The average molecular weight is 355 g/mol. The molecule has 7 heteroatoms. The van der Waals surface area contributed by atoms with Crippen molar-refractivity contribution >= 4 is 12.0 Å². The van der Waals surface area contributed by atoms with Gasteiger partial charge < -0.3 is 20.1 Å². The molecule has 1 aliphatic carbocycles. The monoisotopic (exact) mass is 355 g/mol. The molecule has 2 rings (SSSR count). The van der Waals surface area contributed by atoms with E-state index in [4.69, 9.17) is 9.84 Å². The van der Waals surface area contributed by atoms with Crippen molar-refractivity contribution in [2.24, 2.45) is 5.92 Å². The van der Waals surface area contributed by atoms with Crippen molar-refractivity contribution in [2.45, 2.75) is 51.0 Å². The van der Waals surface area contributed by atoms with E-state index in [1.165, 1.54) is 38.5 Å². The summed E-state index contributed by atoms with van der Waals surface area (Å²) in [5.74, 6) is -0.00549. The molecule has 0 radical (unpaired) electrons. The molecule has 2 N–H and O–H groups in total. The van der Waals surface area contributed by atoms with Gasteiger partial charge in [0.05, 0.1) is 19.3 Å². The number of amides is 2. The molecule has 2 amide bonds. The highest BCUT2D eigenvalue weighted by atomic mass is 16.5. The number of nitrogens with one attached hydrogen (secondary N) is 1. The second kappa shape index (κ2) is 10.6. The summed E-state index contributed by atoms with van der Waals surface area (Å²) in [5.41, 5.74) is 0. The Bertz CT molecular complexity index is 427. The average Bonchev–Trinajstić information content (AvgIpc) is 2.59. The third-order valence-corrected chi connectivity index (χ3v) is 5.14. The van der Waals surface area contributed by atoms with Crippen LogP contribution in [0.3, 0.4) is 0 Å². The predicted octanol–water partition coefficient (Wildman–Crippen LogP) is 1.77. The maximum atomic E-state index is 12.3. The number of ether oxygens (including phenoxy) is 1. The Hall–Kier alpha value is -1.34. The van der Waals surface area contributed by atoms with E-state index in [1.807, 2.05) is 0 Å². The van der Waals surface area contributed by atoms with Crippen molar-refractivity contribution in [3.63, 3.8) is 0 Å². The van der Waals surface area contributed by atoms with Crippen molar-refractivity contribution in [2.75, 3.05) is 46.4 Å². The van der Waals surface area contributed by atoms with Crippen LogP contribution in [0.5, 0.6) is 0 Å². The zero-order valence-corrected chi connectivity index (χ0v) is 15.4. The molecule has 2 fully saturated rings. The summed E-state index contributed by atoms with van der Waals surface area (Å²) >= 11 is 0. The van der Waals surface area contributed by atoms with E-state index >= 15 is 0 Å². The molecule has 1 aliphatic heterocycles. The molecule has 25 heavy (non-hydrogen) atoms. The Morgan fingerprint density at radius 2 is 2.04 bits per heavy atom. The zero-order valence-electron chi connectivity index (χ0n) is 15.4. The standard InChI is InChI=1S/C18H33N3O4/c1-20(14-17(22)23)12-16-13-21(10-11-25-16)18(24)19-9-5-8-15-6-3-2-4-7-15/h15-16H,2-14H2,1H3,(H,19,24)(H,22,23). The Labute approximate surface area is 150 Å². The number of urea groups is 1.